The van der Waals surface area contributed by atoms with E-state index >= 15 is 0 Å². The van der Waals surface area contributed by atoms with Crippen molar-refractivity contribution in [3.63, 3.8) is 0 Å². The van der Waals surface area contributed by atoms with Gasteiger partial charge in [-0.25, -0.2) is 13.8 Å². The number of carbonyl (C=O) groups excluding carboxylic acids is 1. The van der Waals surface area contributed by atoms with Gasteiger partial charge in [0.15, 0.2) is 0 Å². The number of hydrogen-bond donors (Lipinski definition) is 1. The molecule has 1 aliphatic heterocycles. The van der Waals surface area contributed by atoms with Crippen molar-refractivity contribution in [2.45, 2.75) is 25.5 Å². The molecule has 0 unspecified atom stereocenters. The lowest BCUT2D eigenvalue weighted by molar-refractivity contribution is 0.0238. The van der Waals surface area contributed by atoms with Crippen LogP contribution in [-0.2, 0) is 11.3 Å². The Balaban J connectivity index is 1.63. The standard InChI is InChI=1S/C18H17ClF2N2O3/c19-14-8-11(9-23-18(14)26-12-4-6-25-7-5-12)17(24)22-10-13-15(20)2-1-3-16(13)21/h1-3,8-9,12H,4-7,10H2,(H,22,24). The summed E-state index contributed by atoms with van der Waals surface area (Å²) in [6, 6.07) is 4.93. The molecule has 0 aliphatic carbocycles. The first-order valence-electron chi connectivity index (χ1n) is 8.15. The second kappa shape index (κ2) is 8.42. The first-order chi connectivity index (χ1) is 12.5. The van der Waals surface area contributed by atoms with Gasteiger partial charge in [0.2, 0.25) is 5.88 Å². The van der Waals surface area contributed by atoms with E-state index in [2.05, 4.69) is 10.3 Å². The summed E-state index contributed by atoms with van der Waals surface area (Å²) < 4.78 is 38.2. The summed E-state index contributed by atoms with van der Waals surface area (Å²) in [6.07, 6.45) is 2.77. The number of ether oxygens (including phenoxy) is 2. The van der Waals surface area contributed by atoms with E-state index in [-0.39, 0.29) is 34.7 Å². The number of halogens is 3. The lowest BCUT2D eigenvalue weighted by Gasteiger charge is -2.23. The fraction of sp³-hybridized carbons (Fsp3) is 0.333. The van der Waals surface area contributed by atoms with Crippen LogP contribution in [0.1, 0.15) is 28.8 Å². The van der Waals surface area contributed by atoms with Crippen LogP contribution in [0.2, 0.25) is 5.02 Å². The molecule has 0 saturated carbocycles. The van der Waals surface area contributed by atoms with Crippen LogP contribution >= 0.6 is 11.6 Å². The molecular formula is C18H17ClF2N2O3. The van der Waals surface area contributed by atoms with Crippen molar-refractivity contribution in [2.24, 2.45) is 0 Å². The molecule has 0 atom stereocenters. The molecule has 3 rings (SSSR count). The number of amides is 1. The number of hydrogen-bond acceptors (Lipinski definition) is 4. The molecule has 0 bridgehead atoms. The summed E-state index contributed by atoms with van der Waals surface area (Å²) in [5.41, 5.74) is -0.0366. The maximum Gasteiger partial charge on any atom is 0.253 e. The minimum atomic E-state index is -0.721. The lowest BCUT2D eigenvalue weighted by atomic mass is 10.1. The summed E-state index contributed by atoms with van der Waals surface area (Å²) in [7, 11) is 0. The van der Waals surface area contributed by atoms with Gasteiger partial charge in [-0.3, -0.25) is 4.79 Å². The zero-order valence-corrected chi connectivity index (χ0v) is 14.6. The predicted molar refractivity (Wildman–Crippen MR) is 91.2 cm³/mol. The van der Waals surface area contributed by atoms with Gasteiger partial charge in [-0.1, -0.05) is 17.7 Å². The number of aromatic nitrogens is 1. The zero-order chi connectivity index (χ0) is 18.5. The number of carbonyl (C=O) groups is 1. The van der Waals surface area contributed by atoms with Gasteiger partial charge in [0, 0.05) is 31.1 Å². The lowest BCUT2D eigenvalue weighted by Crippen LogP contribution is -2.27. The Labute approximate surface area is 154 Å². The first-order valence-corrected chi connectivity index (χ1v) is 8.53. The Morgan fingerprint density at radius 1 is 1.31 bits per heavy atom. The topological polar surface area (TPSA) is 60.5 Å². The van der Waals surface area contributed by atoms with E-state index < -0.39 is 17.5 Å². The first kappa shape index (κ1) is 18.5. The van der Waals surface area contributed by atoms with Crippen LogP contribution in [0.5, 0.6) is 5.88 Å². The van der Waals surface area contributed by atoms with Crippen LogP contribution in [-0.4, -0.2) is 30.2 Å². The molecule has 0 radical (unpaired) electrons. The van der Waals surface area contributed by atoms with Gasteiger partial charge < -0.3 is 14.8 Å². The predicted octanol–water partition coefficient (Wildman–Crippen LogP) is 3.50. The summed E-state index contributed by atoms with van der Waals surface area (Å²) in [5.74, 6) is -1.74. The molecule has 138 valence electrons. The number of nitrogens with one attached hydrogen (secondary N) is 1. The molecule has 1 aromatic heterocycles. The van der Waals surface area contributed by atoms with Gasteiger partial charge >= 0.3 is 0 Å². The van der Waals surface area contributed by atoms with E-state index in [0.717, 1.165) is 25.0 Å². The van der Waals surface area contributed by atoms with Gasteiger partial charge in [-0.2, -0.15) is 0 Å². The highest BCUT2D eigenvalue weighted by Gasteiger charge is 2.19. The molecular weight excluding hydrogens is 366 g/mol. The molecule has 2 aromatic rings. The molecule has 1 fully saturated rings. The second-order valence-corrected chi connectivity index (χ2v) is 6.23. The third kappa shape index (κ3) is 4.47. The smallest absolute Gasteiger partial charge is 0.253 e. The average Bonchev–Trinajstić information content (AvgIpc) is 2.63. The molecule has 1 aliphatic rings. The van der Waals surface area contributed by atoms with E-state index in [1.54, 1.807) is 0 Å². The SMILES string of the molecule is O=C(NCc1c(F)cccc1F)c1cnc(OC2CCOCC2)c(Cl)c1. The maximum atomic E-state index is 13.6. The molecule has 1 aromatic carbocycles. The molecule has 5 nitrogen and oxygen atoms in total. The Hall–Kier alpha value is -2.25. The largest absolute Gasteiger partial charge is 0.473 e. The van der Waals surface area contributed by atoms with E-state index in [4.69, 9.17) is 21.1 Å². The summed E-state index contributed by atoms with van der Waals surface area (Å²) in [6.45, 7) is 0.958. The normalized spacial score (nSPS) is 14.9. The molecule has 8 heteroatoms. The van der Waals surface area contributed by atoms with Gasteiger partial charge in [-0.15, -0.1) is 0 Å². The highest BCUT2D eigenvalue weighted by atomic mass is 35.5. The molecule has 2 heterocycles. The van der Waals surface area contributed by atoms with Gasteiger partial charge in [-0.05, 0) is 18.2 Å². The minimum absolute atomic E-state index is 0.0301. The molecule has 0 spiro atoms. The zero-order valence-electron chi connectivity index (χ0n) is 13.8. The van der Waals surface area contributed by atoms with Crippen LogP contribution in [0.3, 0.4) is 0 Å². The van der Waals surface area contributed by atoms with Crippen molar-refractivity contribution in [1.29, 1.82) is 0 Å². The highest BCUT2D eigenvalue weighted by Crippen LogP contribution is 2.25. The van der Waals surface area contributed by atoms with Gasteiger partial charge in [0.1, 0.15) is 22.8 Å². The van der Waals surface area contributed by atoms with Crippen molar-refractivity contribution >= 4 is 17.5 Å². The fourth-order valence-electron chi connectivity index (χ4n) is 2.56. The Morgan fingerprint density at radius 3 is 2.65 bits per heavy atom. The maximum absolute atomic E-state index is 13.6. The van der Waals surface area contributed by atoms with Crippen molar-refractivity contribution in [3.05, 3.63) is 58.2 Å². The Kier molecular flexibility index (Phi) is 6.00. The second-order valence-electron chi connectivity index (χ2n) is 5.82. The summed E-state index contributed by atoms with van der Waals surface area (Å²) in [5, 5.41) is 2.65. The van der Waals surface area contributed by atoms with Crippen LogP contribution in [0.25, 0.3) is 0 Å². The Morgan fingerprint density at radius 2 is 2.00 bits per heavy atom. The van der Waals surface area contributed by atoms with Crippen LogP contribution in [0.15, 0.2) is 30.5 Å². The van der Waals surface area contributed by atoms with Crippen molar-refractivity contribution in [2.75, 3.05) is 13.2 Å². The highest BCUT2D eigenvalue weighted by molar-refractivity contribution is 6.32. The van der Waals surface area contributed by atoms with Crippen molar-refractivity contribution in [3.8, 4) is 5.88 Å². The molecule has 1 saturated heterocycles. The van der Waals surface area contributed by atoms with Crippen LogP contribution < -0.4 is 10.1 Å². The van der Waals surface area contributed by atoms with E-state index in [1.807, 2.05) is 0 Å². The van der Waals surface area contributed by atoms with Crippen LogP contribution in [0.4, 0.5) is 8.78 Å². The van der Waals surface area contributed by atoms with E-state index in [1.165, 1.54) is 18.3 Å². The summed E-state index contributed by atoms with van der Waals surface area (Å²) in [4.78, 5) is 16.3. The summed E-state index contributed by atoms with van der Waals surface area (Å²) >= 11 is 6.14. The molecule has 1 amide bonds. The van der Waals surface area contributed by atoms with E-state index in [0.29, 0.717) is 13.2 Å². The monoisotopic (exact) mass is 382 g/mol. The van der Waals surface area contributed by atoms with Crippen LogP contribution in [0, 0.1) is 11.6 Å². The van der Waals surface area contributed by atoms with Gasteiger partial charge in [0.05, 0.1) is 18.8 Å². The molecule has 1 N–H and O–H groups in total. The van der Waals surface area contributed by atoms with Gasteiger partial charge in [0.25, 0.3) is 5.91 Å². The quantitative estimate of drug-likeness (QED) is 0.859. The Bertz CT molecular complexity index is 778. The third-order valence-electron chi connectivity index (χ3n) is 4.00. The third-order valence-corrected chi connectivity index (χ3v) is 4.27. The number of rotatable bonds is 5. The fourth-order valence-corrected chi connectivity index (χ4v) is 2.77. The molecule has 26 heavy (non-hydrogen) atoms. The van der Waals surface area contributed by atoms with Crippen molar-refractivity contribution < 1.29 is 23.0 Å². The van der Waals surface area contributed by atoms with Crippen molar-refractivity contribution in [1.82, 2.24) is 10.3 Å². The number of benzene rings is 1. The van der Waals surface area contributed by atoms with E-state index in [9.17, 15) is 13.6 Å². The minimum Gasteiger partial charge on any atom is -0.473 e. The number of nitrogens with zero attached hydrogens (tertiary/aromatic N) is 1. The average molecular weight is 383 g/mol. The number of pyridine rings is 1.